The van der Waals surface area contributed by atoms with Gasteiger partial charge in [-0.1, -0.05) is 30.3 Å². The van der Waals surface area contributed by atoms with Crippen LogP contribution in [-0.4, -0.2) is 33.9 Å². The summed E-state index contributed by atoms with van der Waals surface area (Å²) in [6.45, 7) is -0.545. The van der Waals surface area contributed by atoms with Crippen LogP contribution in [0, 0.1) is 11.6 Å². The number of benzene rings is 2. The van der Waals surface area contributed by atoms with Gasteiger partial charge < -0.3 is 25.4 Å². The van der Waals surface area contributed by atoms with E-state index in [0.29, 0.717) is 12.6 Å². The molecule has 3 rings (SSSR count). The minimum atomic E-state index is -1.76. The fraction of sp³-hybridized carbons (Fsp3) is 0.143. The van der Waals surface area contributed by atoms with Gasteiger partial charge >= 0.3 is 5.97 Å². The molecule has 1 atom stereocenters. The maximum Gasteiger partial charge on any atom is 0.347 e. The van der Waals surface area contributed by atoms with Crippen LogP contribution >= 0.6 is 0 Å². The predicted octanol–water partition coefficient (Wildman–Crippen LogP) is 3.10. The molecule has 0 radical (unpaired) electrons. The number of rotatable bonds is 8. The monoisotopic (exact) mass is 416 g/mol. The van der Waals surface area contributed by atoms with Gasteiger partial charge in [0.1, 0.15) is 5.75 Å². The summed E-state index contributed by atoms with van der Waals surface area (Å²) < 4.78 is 38.3. The van der Waals surface area contributed by atoms with E-state index in [1.54, 1.807) is 18.2 Å². The van der Waals surface area contributed by atoms with Crippen LogP contribution in [0.4, 0.5) is 8.78 Å². The molecule has 30 heavy (non-hydrogen) atoms. The van der Waals surface area contributed by atoms with E-state index in [1.807, 2.05) is 30.3 Å². The highest BCUT2D eigenvalue weighted by molar-refractivity contribution is 5.72. The number of carbonyl (C=O) groups is 1. The summed E-state index contributed by atoms with van der Waals surface area (Å²) >= 11 is 0. The lowest BCUT2D eigenvalue weighted by atomic mass is 10.0. The van der Waals surface area contributed by atoms with E-state index >= 15 is 0 Å². The Morgan fingerprint density at radius 3 is 2.37 bits per heavy atom. The van der Waals surface area contributed by atoms with Gasteiger partial charge in [0, 0.05) is 12.6 Å². The predicted molar refractivity (Wildman–Crippen MR) is 103 cm³/mol. The van der Waals surface area contributed by atoms with E-state index in [9.17, 15) is 13.6 Å². The number of aromatic nitrogens is 1. The second-order valence-electron chi connectivity index (χ2n) is 6.22. The zero-order valence-corrected chi connectivity index (χ0v) is 15.6. The van der Waals surface area contributed by atoms with Gasteiger partial charge in [-0.05, 0) is 34.9 Å². The van der Waals surface area contributed by atoms with Gasteiger partial charge in [0.05, 0.1) is 6.61 Å². The number of pyridine rings is 1. The third kappa shape index (κ3) is 4.88. The van der Waals surface area contributed by atoms with Crippen LogP contribution in [0.15, 0.2) is 54.6 Å². The molecule has 0 saturated carbocycles. The summed E-state index contributed by atoms with van der Waals surface area (Å²) in [4.78, 5) is 14.5. The van der Waals surface area contributed by atoms with E-state index in [0.717, 1.165) is 16.7 Å². The molecular formula is C21H18F2N2O5. The molecule has 4 N–H and O–H groups in total. The Morgan fingerprint density at radius 1 is 1.03 bits per heavy atom. The molecule has 0 aliphatic carbocycles. The molecule has 0 aliphatic heterocycles. The summed E-state index contributed by atoms with van der Waals surface area (Å²) in [7, 11) is 0. The quantitative estimate of drug-likeness (QED) is 0.517. The number of halogens is 2. The lowest BCUT2D eigenvalue weighted by molar-refractivity contribution is -0.147. The minimum Gasteiger partial charge on any atom is -0.478 e. The average Bonchev–Trinajstić information content (AvgIpc) is 2.74. The fourth-order valence-electron chi connectivity index (χ4n) is 2.62. The van der Waals surface area contributed by atoms with Crippen molar-refractivity contribution < 1.29 is 33.3 Å². The molecule has 0 aliphatic rings. The van der Waals surface area contributed by atoms with Crippen LogP contribution in [0.3, 0.4) is 0 Å². The number of nitrogens with zero attached hydrogens (tertiary/aromatic N) is 1. The van der Waals surface area contributed by atoms with Crippen LogP contribution < -0.4 is 15.2 Å². The molecule has 156 valence electrons. The summed E-state index contributed by atoms with van der Waals surface area (Å²) in [6, 6.07) is 14.7. The average molecular weight is 416 g/mol. The van der Waals surface area contributed by atoms with E-state index in [1.165, 1.54) is 0 Å². The third-order valence-corrected chi connectivity index (χ3v) is 4.10. The van der Waals surface area contributed by atoms with Crippen LogP contribution in [0.5, 0.6) is 17.5 Å². The molecule has 2 aromatic carbocycles. The van der Waals surface area contributed by atoms with Crippen LogP contribution in [-0.2, 0) is 11.3 Å². The second-order valence-corrected chi connectivity index (χ2v) is 6.22. The van der Waals surface area contributed by atoms with Gasteiger partial charge in [0.15, 0.2) is 11.6 Å². The first-order valence-electron chi connectivity index (χ1n) is 8.85. The molecule has 0 bridgehead atoms. The van der Waals surface area contributed by atoms with Crippen LogP contribution in [0.25, 0.3) is 11.1 Å². The molecule has 0 fully saturated rings. The first-order chi connectivity index (χ1) is 14.4. The van der Waals surface area contributed by atoms with Crippen molar-refractivity contribution in [3.63, 3.8) is 0 Å². The van der Waals surface area contributed by atoms with Crippen molar-refractivity contribution in [2.45, 2.75) is 12.6 Å². The minimum absolute atomic E-state index is 0.214. The third-order valence-electron chi connectivity index (χ3n) is 4.10. The number of ether oxygens (including phenoxy) is 2. The zero-order chi connectivity index (χ0) is 21.7. The molecule has 0 saturated heterocycles. The Labute approximate surface area is 170 Å². The number of aliphatic hydroxyl groups is 1. The Kier molecular flexibility index (Phi) is 6.55. The molecule has 1 heterocycles. The van der Waals surface area contributed by atoms with Crippen molar-refractivity contribution in [2.75, 3.05) is 6.61 Å². The first-order valence-corrected chi connectivity index (χ1v) is 8.85. The van der Waals surface area contributed by atoms with Crippen molar-refractivity contribution in [1.82, 2.24) is 4.98 Å². The molecule has 3 aromatic rings. The van der Waals surface area contributed by atoms with E-state index in [2.05, 4.69) is 4.98 Å². The molecule has 0 spiro atoms. The molecule has 0 amide bonds. The maximum absolute atomic E-state index is 14.2. The van der Waals surface area contributed by atoms with Crippen molar-refractivity contribution in [3.05, 3.63) is 71.8 Å². The van der Waals surface area contributed by atoms with Gasteiger partial charge in [-0.3, -0.25) is 0 Å². The molecule has 1 aromatic heterocycles. The number of hydrogen-bond acceptors (Lipinski definition) is 6. The van der Waals surface area contributed by atoms with E-state index in [-0.39, 0.29) is 5.75 Å². The first kappa shape index (κ1) is 21.2. The van der Waals surface area contributed by atoms with Gasteiger partial charge in [0.25, 0.3) is 11.8 Å². The number of carboxylic acid groups (broad SMARTS) is 1. The molecule has 9 heteroatoms. The van der Waals surface area contributed by atoms with E-state index < -0.39 is 42.1 Å². The molecular weight excluding hydrogens is 398 g/mol. The van der Waals surface area contributed by atoms with Crippen LogP contribution in [0.1, 0.15) is 5.56 Å². The van der Waals surface area contributed by atoms with Gasteiger partial charge in [-0.25, -0.2) is 13.6 Å². The zero-order valence-electron chi connectivity index (χ0n) is 15.6. The second kappa shape index (κ2) is 9.29. The Balaban J connectivity index is 1.89. The number of aliphatic carboxylic acids is 1. The van der Waals surface area contributed by atoms with Crippen molar-refractivity contribution >= 4 is 5.97 Å². The normalized spacial score (nSPS) is 11.7. The van der Waals surface area contributed by atoms with Gasteiger partial charge in [-0.2, -0.15) is 4.98 Å². The van der Waals surface area contributed by atoms with Crippen molar-refractivity contribution in [3.8, 4) is 28.6 Å². The number of aliphatic hydroxyl groups excluding tert-OH is 1. The number of nitrogens with two attached hydrogens (primary N) is 1. The smallest absolute Gasteiger partial charge is 0.347 e. The molecule has 1 unspecified atom stereocenters. The SMILES string of the molecule is NCc1cccc(-c2cccc(Oc3nc(OC(CO)C(=O)O)c(F)cc3F)c2)c1. The lowest BCUT2D eigenvalue weighted by Crippen LogP contribution is -2.31. The van der Waals surface area contributed by atoms with Crippen molar-refractivity contribution in [1.29, 1.82) is 0 Å². The van der Waals surface area contributed by atoms with Gasteiger partial charge in [-0.15, -0.1) is 0 Å². The highest BCUT2D eigenvalue weighted by atomic mass is 19.1. The summed E-state index contributed by atoms with van der Waals surface area (Å²) in [5.41, 5.74) is 8.24. The van der Waals surface area contributed by atoms with Crippen molar-refractivity contribution in [2.24, 2.45) is 5.73 Å². The highest BCUT2D eigenvalue weighted by Crippen LogP contribution is 2.30. The Bertz CT molecular complexity index is 1060. The highest BCUT2D eigenvalue weighted by Gasteiger charge is 2.23. The largest absolute Gasteiger partial charge is 0.478 e. The van der Waals surface area contributed by atoms with Crippen LogP contribution in [0.2, 0.25) is 0 Å². The number of carboxylic acids is 1. The summed E-state index contributed by atoms with van der Waals surface area (Å²) in [6.07, 6.45) is -1.76. The number of hydrogen-bond donors (Lipinski definition) is 3. The lowest BCUT2D eigenvalue weighted by Gasteiger charge is -2.14. The Hall–Kier alpha value is -3.56. The Morgan fingerprint density at radius 2 is 1.70 bits per heavy atom. The summed E-state index contributed by atoms with van der Waals surface area (Å²) in [5, 5.41) is 17.9. The maximum atomic E-state index is 14.2. The molecule has 7 nitrogen and oxygen atoms in total. The fourth-order valence-corrected chi connectivity index (χ4v) is 2.62. The van der Waals surface area contributed by atoms with E-state index in [4.69, 9.17) is 25.4 Å². The summed E-state index contributed by atoms with van der Waals surface area (Å²) in [5.74, 6) is -5.07. The topological polar surface area (TPSA) is 115 Å². The van der Waals surface area contributed by atoms with Gasteiger partial charge in [0.2, 0.25) is 6.10 Å². The standard InChI is InChI=1S/C21H18F2N2O5/c22-16-9-17(23)20(30-18(11-26)21(27)28)25-19(16)29-15-6-2-5-14(8-15)13-4-1-3-12(7-13)10-24/h1-9,18,26H,10-11,24H2,(H,27,28).